The minimum absolute atomic E-state index is 0.112. The molecule has 0 aliphatic carbocycles. The smallest absolute Gasteiger partial charge is 0.259 e. The fraction of sp³-hybridized carbons (Fsp3) is 0.700. The highest BCUT2D eigenvalue weighted by Crippen LogP contribution is 2.13. The maximum Gasteiger partial charge on any atom is 0.259 e. The van der Waals surface area contributed by atoms with Crippen LogP contribution in [0.5, 0.6) is 0 Å². The number of hydrogen-bond donors (Lipinski definition) is 2. The Bertz CT molecular complexity index is 297. The van der Waals surface area contributed by atoms with Gasteiger partial charge in [-0.1, -0.05) is 13.3 Å². The minimum Gasteiger partial charge on any atom is -0.328 e. The zero-order valence-electron chi connectivity index (χ0n) is 9.12. The fourth-order valence-corrected chi connectivity index (χ4v) is 1.53. The van der Waals surface area contributed by atoms with Gasteiger partial charge in [0.1, 0.15) is 11.8 Å². The van der Waals surface area contributed by atoms with Gasteiger partial charge in [0.25, 0.3) is 5.91 Å². The van der Waals surface area contributed by atoms with Crippen molar-refractivity contribution >= 4 is 17.6 Å². The van der Waals surface area contributed by atoms with E-state index in [1.165, 1.54) is 0 Å². The van der Waals surface area contributed by atoms with E-state index in [9.17, 15) is 9.59 Å². The lowest BCUT2D eigenvalue weighted by atomic mass is 10.00. The Hall–Kier alpha value is -1.23. The van der Waals surface area contributed by atoms with Crippen LogP contribution in [-0.4, -0.2) is 23.7 Å². The predicted octanol–water partition coefficient (Wildman–Crippen LogP) is 0.195. The molecule has 0 saturated heterocycles. The first-order valence-corrected chi connectivity index (χ1v) is 5.22. The summed E-state index contributed by atoms with van der Waals surface area (Å²) in [5, 5.41) is 2.62. The quantitative estimate of drug-likeness (QED) is 0.651. The third kappa shape index (κ3) is 3.13. The number of amidine groups is 1. The van der Waals surface area contributed by atoms with E-state index < -0.39 is 5.92 Å². The second kappa shape index (κ2) is 5.02. The molecule has 84 valence electrons. The second-order valence-electron chi connectivity index (χ2n) is 3.91. The second-order valence-corrected chi connectivity index (χ2v) is 3.91. The molecule has 0 aromatic heterocycles. The third-order valence-corrected chi connectivity index (χ3v) is 2.22. The van der Waals surface area contributed by atoms with Gasteiger partial charge >= 0.3 is 0 Å². The Labute approximate surface area is 89.1 Å². The highest BCUT2D eigenvalue weighted by molar-refractivity contribution is 6.15. The van der Waals surface area contributed by atoms with Crippen LogP contribution in [0.4, 0.5) is 0 Å². The van der Waals surface area contributed by atoms with Crippen molar-refractivity contribution in [3.8, 4) is 0 Å². The fourth-order valence-electron chi connectivity index (χ4n) is 1.53. The van der Waals surface area contributed by atoms with E-state index in [-0.39, 0.29) is 17.9 Å². The van der Waals surface area contributed by atoms with Crippen molar-refractivity contribution in [1.82, 2.24) is 5.32 Å². The van der Waals surface area contributed by atoms with Gasteiger partial charge in [0.05, 0.1) is 0 Å². The van der Waals surface area contributed by atoms with Crippen LogP contribution in [0.2, 0.25) is 0 Å². The molecule has 3 N–H and O–H groups in total. The average Bonchev–Trinajstić information content (AvgIpc) is 2.10. The molecule has 1 rings (SSSR count). The van der Waals surface area contributed by atoms with Crippen LogP contribution in [0, 0.1) is 5.92 Å². The van der Waals surface area contributed by atoms with Crippen LogP contribution in [0.3, 0.4) is 0 Å². The molecule has 0 fully saturated rings. The van der Waals surface area contributed by atoms with E-state index in [1.54, 1.807) is 6.92 Å². The molecule has 1 aliphatic rings. The van der Waals surface area contributed by atoms with E-state index >= 15 is 0 Å². The van der Waals surface area contributed by atoms with Crippen LogP contribution in [0.25, 0.3) is 0 Å². The Morgan fingerprint density at radius 3 is 2.67 bits per heavy atom. The topological polar surface area (TPSA) is 84.6 Å². The molecule has 1 heterocycles. The van der Waals surface area contributed by atoms with Gasteiger partial charge in [0.15, 0.2) is 0 Å². The normalized spacial score (nSPS) is 23.4. The Morgan fingerprint density at radius 1 is 1.53 bits per heavy atom. The highest BCUT2D eigenvalue weighted by atomic mass is 16.2. The lowest BCUT2D eigenvalue weighted by Gasteiger charge is -2.20. The van der Waals surface area contributed by atoms with Gasteiger partial charge in [-0.15, -0.1) is 0 Å². The van der Waals surface area contributed by atoms with Gasteiger partial charge < -0.3 is 11.1 Å². The molecule has 2 unspecified atom stereocenters. The molecule has 2 amide bonds. The number of carbonyl (C=O) groups is 2. The van der Waals surface area contributed by atoms with Crippen molar-refractivity contribution in [2.24, 2.45) is 16.6 Å². The third-order valence-electron chi connectivity index (χ3n) is 2.22. The van der Waals surface area contributed by atoms with Crippen molar-refractivity contribution in [2.75, 3.05) is 0 Å². The first kappa shape index (κ1) is 11.8. The van der Waals surface area contributed by atoms with E-state index in [4.69, 9.17) is 5.73 Å². The number of amides is 2. The molecule has 0 bridgehead atoms. The summed E-state index contributed by atoms with van der Waals surface area (Å²) >= 11 is 0. The molecule has 0 aromatic rings. The van der Waals surface area contributed by atoms with Gasteiger partial charge in [0.2, 0.25) is 5.91 Å². The van der Waals surface area contributed by atoms with Crippen molar-refractivity contribution < 1.29 is 9.59 Å². The molecule has 15 heavy (non-hydrogen) atoms. The number of nitrogens with two attached hydrogens (primary N) is 1. The molecule has 0 spiro atoms. The Balaban J connectivity index is 2.71. The van der Waals surface area contributed by atoms with Crippen molar-refractivity contribution in [2.45, 2.75) is 39.2 Å². The lowest BCUT2D eigenvalue weighted by Crippen LogP contribution is -2.45. The number of nitrogens with zero attached hydrogens (tertiary/aromatic N) is 1. The summed E-state index contributed by atoms with van der Waals surface area (Å²) in [6.45, 7) is 3.74. The minimum atomic E-state index is -0.605. The standard InChI is InChI=1S/C10H17N3O2/c1-3-4-7-9(14)12-8(5-6(2)11)13-10(7)15/h6-7H,3-5,11H2,1-2H3,(H,12,13,14,15). The number of hydrogen-bond acceptors (Lipinski definition) is 3. The van der Waals surface area contributed by atoms with Crippen LogP contribution >= 0.6 is 0 Å². The van der Waals surface area contributed by atoms with Gasteiger partial charge in [-0.2, -0.15) is 4.99 Å². The number of rotatable bonds is 4. The summed E-state index contributed by atoms with van der Waals surface area (Å²) in [5.74, 6) is -0.789. The molecule has 5 nitrogen and oxygen atoms in total. The van der Waals surface area contributed by atoms with Gasteiger partial charge in [-0.05, 0) is 13.3 Å². The molecule has 5 heteroatoms. The average molecular weight is 211 g/mol. The monoisotopic (exact) mass is 211 g/mol. The maximum absolute atomic E-state index is 11.5. The molecular formula is C10H17N3O2. The predicted molar refractivity (Wildman–Crippen MR) is 57.2 cm³/mol. The summed E-state index contributed by atoms with van der Waals surface area (Å²) in [5.41, 5.74) is 5.56. The zero-order chi connectivity index (χ0) is 11.4. The number of aliphatic imine (C=N–C) groups is 1. The molecule has 2 atom stereocenters. The Kier molecular flexibility index (Phi) is 3.96. The summed E-state index contributed by atoms with van der Waals surface area (Å²) in [6.07, 6.45) is 1.78. The zero-order valence-corrected chi connectivity index (χ0v) is 9.12. The molecule has 0 aromatic carbocycles. The molecule has 0 radical (unpaired) electrons. The van der Waals surface area contributed by atoms with Gasteiger partial charge in [-0.25, -0.2) is 0 Å². The number of carbonyl (C=O) groups excluding carboxylic acids is 2. The molecule has 1 aliphatic heterocycles. The van der Waals surface area contributed by atoms with Crippen molar-refractivity contribution in [3.63, 3.8) is 0 Å². The highest BCUT2D eigenvalue weighted by Gasteiger charge is 2.30. The summed E-state index contributed by atoms with van der Waals surface area (Å²) in [7, 11) is 0. The van der Waals surface area contributed by atoms with E-state index in [0.29, 0.717) is 18.7 Å². The first-order chi connectivity index (χ1) is 7.04. The van der Waals surface area contributed by atoms with Crippen LogP contribution in [0.1, 0.15) is 33.1 Å². The maximum atomic E-state index is 11.5. The van der Waals surface area contributed by atoms with Crippen LogP contribution in [0.15, 0.2) is 4.99 Å². The van der Waals surface area contributed by atoms with Gasteiger partial charge in [-0.3, -0.25) is 9.59 Å². The van der Waals surface area contributed by atoms with E-state index in [2.05, 4.69) is 10.3 Å². The Morgan fingerprint density at radius 2 is 2.20 bits per heavy atom. The molecular weight excluding hydrogens is 194 g/mol. The van der Waals surface area contributed by atoms with Crippen LogP contribution < -0.4 is 11.1 Å². The largest absolute Gasteiger partial charge is 0.328 e. The van der Waals surface area contributed by atoms with Crippen LogP contribution in [-0.2, 0) is 9.59 Å². The summed E-state index contributed by atoms with van der Waals surface area (Å²) in [4.78, 5) is 26.9. The first-order valence-electron chi connectivity index (χ1n) is 5.22. The summed E-state index contributed by atoms with van der Waals surface area (Å²) in [6, 6.07) is -0.112. The summed E-state index contributed by atoms with van der Waals surface area (Å²) < 4.78 is 0. The van der Waals surface area contributed by atoms with E-state index in [1.807, 2.05) is 6.92 Å². The SMILES string of the molecule is CCCC1C(=O)N=C(CC(C)N)NC1=O. The van der Waals surface area contributed by atoms with Crippen molar-refractivity contribution in [1.29, 1.82) is 0 Å². The van der Waals surface area contributed by atoms with Crippen molar-refractivity contribution in [3.05, 3.63) is 0 Å². The van der Waals surface area contributed by atoms with Gasteiger partial charge in [0, 0.05) is 12.5 Å². The number of nitrogens with one attached hydrogen (secondary N) is 1. The molecule has 0 saturated carbocycles. The van der Waals surface area contributed by atoms with E-state index in [0.717, 1.165) is 6.42 Å². The lowest BCUT2D eigenvalue weighted by molar-refractivity contribution is -0.133.